The normalized spacial score (nSPS) is 10.2. The van der Waals surface area contributed by atoms with Crippen molar-refractivity contribution in [2.45, 2.75) is 19.8 Å². The van der Waals surface area contributed by atoms with Crippen molar-refractivity contribution in [2.24, 2.45) is 0 Å². The number of amides is 1. The van der Waals surface area contributed by atoms with Gasteiger partial charge in [0.1, 0.15) is 0 Å². The van der Waals surface area contributed by atoms with Crippen LogP contribution in [0.4, 0.5) is 0 Å². The highest BCUT2D eigenvalue weighted by atomic mass is 16.3. The zero-order valence-electron chi connectivity index (χ0n) is 10.1. The van der Waals surface area contributed by atoms with E-state index >= 15 is 0 Å². The SMILES string of the molecule is CCN(CCO)CCC(=O)N(C)CCC#N. The van der Waals surface area contributed by atoms with Crippen LogP contribution >= 0.6 is 0 Å². The van der Waals surface area contributed by atoms with Gasteiger partial charge in [-0.3, -0.25) is 4.79 Å². The molecular weight excluding hydrogens is 206 g/mol. The largest absolute Gasteiger partial charge is 0.395 e. The van der Waals surface area contributed by atoms with Crippen molar-refractivity contribution < 1.29 is 9.90 Å². The number of carbonyl (C=O) groups excluding carboxylic acids is 1. The van der Waals surface area contributed by atoms with Crippen LogP contribution in [0.25, 0.3) is 0 Å². The summed E-state index contributed by atoms with van der Waals surface area (Å²) < 4.78 is 0. The predicted octanol–water partition coefficient (Wildman–Crippen LogP) is 0.0628. The van der Waals surface area contributed by atoms with Gasteiger partial charge in [-0.1, -0.05) is 6.92 Å². The van der Waals surface area contributed by atoms with Crippen molar-refractivity contribution in [2.75, 3.05) is 39.8 Å². The zero-order chi connectivity index (χ0) is 12.4. The summed E-state index contributed by atoms with van der Waals surface area (Å²) in [6, 6.07) is 2.01. The van der Waals surface area contributed by atoms with Crippen molar-refractivity contribution in [1.29, 1.82) is 5.26 Å². The summed E-state index contributed by atoms with van der Waals surface area (Å²) in [5.74, 6) is 0.0478. The van der Waals surface area contributed by atoms with Gasteiger partial charge in [0.05, 0.1) is 19.1 Å². The Morgan fingerprint density at radius 1 is 1.38 bits per heavy atom. The van der Waals surface area contributed by atoms with Crippen LogP contribution in [0, 0.1) is 11.3 Å². The molecule has 0 bridgehead atoms. The van der Waals surface area contributed by atoms with Gasteiger partial charge in [0.15, 0.2) is 0 Å². The number of nitriles is 1. The second-order valence-electron chi connectivity index (χ2n) is 3.63. The minimum absolute atomic E-state index is 0.0478. The minimum Gasteiger partial charge on any atom is -0.395 e. The maximum absolute atomic E-state index is 11.6. The van der Waals surface area contributed by atoms with Gasteiger partial charge in [-0.05, 0) is 6.54 Å². The lowest BCUT2D eigenvalue weighted by Crippen LogP contribution is -2.33. The number of aliphatic hydroxyl groups excluding tert-OH is 1. The van der Waals surface area contributed by atoms with Crippen LogP contribution in [0.1, 0.15) is 19.8 Å². The van der Waals surface area contributed by atoms with Crippen molar-refractivity contribution >= 4 is 5.91 Å². The average Bonchev–Trinajstić information content (AvgIpc) is 2.30. The first kappa shape index (κ1) is 14.9. The molecule has 5 nitrogen and oxygen atoms in total. The molecule has 1 amide bonds. The van der Waals surface area contributed by atoms with Crippen molar-refractivity contribution in [3.05, 3.63) is 0 Å². The average molecular weight is 227 g/mol. The molecule has 92 valence electrons. The number of likely N-dealkylation sites (N-methyl/N-ethyl adjacent to an activating group) is 1. The van der Waals surface area contributed by atoms with Gasteiger partial charge < -0.3 is 14.9 Å². The van der Waals surface area contributed by atoms with Crippen LogP contribution in [0.2, 0.25) is 0 Å². The maximum atomic E-state index is 11.6. The molecular formula is C11H21N3O2. The molecule has 0 spiro atoms. The van der Waals surface area contributed by atoms with Crippen molar-refractivity contribution in [1.82, 2.24) is 9.80 Å². The second kappa shape index (κ2) is 9.13. The Morgan fingerprint density at radius 2 is 2.06 bits per heavy atom. The van der Waals surface area contributed by atoms with Gasteiger partial charge in [0.2, 0.25) is 5.91 Å². The van der Waals surface area contributed by atoms with E-state index in [-0.39, 0.29) is 12.5 Å². The number of hydrogen-bond acceptors (Lipinski definition) is 4. The van der Waals surface area contributed by atoms with Crippen LogP contribution < -0.4 is 0 Å². The highest BCUT2D eigenvalue weighted by molar-refractivity contribution is 5.76. The van der Waals surface area contributed by atoms with Crippen LogP contribution in [-0.4, -0.2) is 60.6 Å². The number of nitrogens with zero attached hydrogens (tertiary/aromatic N) is 3. The van der Waals surface area contributed by atoms with Crippen LogP contribution in [0.5, 0.6) is 0 Å². The number of aliphatic hydroxyl groups is 1. The van der Waals surface area contributed by atoms with E-state index in [4.69, 9.17) is 10.4 Å². The maximum Gasteiger partial charge on any atom is 0.223 e. The summed E-state index contributed by atoms with van der Waals surface area (Å²) in [6.45, 7) is 4.70. The molecule has 0 atom stereocenters. The van der Waals surface area contributed by atoms with E-state index in [1.54, 1.807) is 11.9 Å². The topological polar surface area (TPSA) is 67.6 Å². The zero-order valence-corrected chi connectivity index (χ0v) is 10.1. The van der Waals surface area contributed by atoms with Crippen LogP contribution in [0.3, 0.4) is 0 Å². The van der Waals surface area contributed by atoms with Gasteiger partial charge in [0, 0.05) is 33.1 Å². The fourth-order valence-electron chi connectivity index (χ4n) is 1.36. The van der Waals surface area contributed by atoms with E-state index in [0.29, 0.717) is 32.5 Å². The third kappa shape index (κ3) is 6.38. The molecule has 0 aromatic rings. The monoisotopic (exact) mass is 227 g/mol. The summed E-state index contributed by atoms with van der Waals surface area (Å²) in [4.78, 5) is 15.2. The van der Waals surface area contributed by atoms with Crippen LogP contribution in [0.15, 0.2) is 0 Å². The Balaban J connectivity index is 3.82. The quantitative estimate of drug-likeness (QED) is 0.637. The molecule has 0 aliphatic heterocycles. The molecule has 16 heavy (non-hydrogen) atoms. The van der Waals surface area contributed by atoms with Gasteiger partial charge >= 0.3 is 0 Å². The van der Waals surface area contributed by atoms with Crippen molar-refractivity contribution in [3.8, 4) is 6.07 Å². The lowest BCUT2D eigenvalue weighted by Gasteiger charge is -2.21. The molecule has 0 heterocycles. The predicted molar refractivity (Wildman–Crippen MR) is 61.7 cm³/mol. The first-order valence-corrected chi connectivity index (χ1v) is 5.59. The third-order valence-electron chi connectivity index (χ3n) is 2.49. The molecule has 0 unspecified atom stereocenters. The summed E-state index contributed by atoms with van der Waals surface area (Å²) >= 11 is 0. The number of rotatable bonds is 8. The van der Waals surface area contributed by atoms with E-state index in [1.165, 1.54) is 0 Å². The molecule has 0 fully saturated rings. The molecule has 0 saturated carbocycles. The molecule has 1 N–H and O–H groups in total. The Kier molecular flexibility index (Phi) is 8.49. The summed E-state index contributed by atoms with van der Waals surface area (Å²) in [7, 11) is 1.71. The Morgan fingerprint density at radius 3 is 2.56 bits per heavy atom. The van der Waals surface area contributed by atoms with E-state index < -0.39 is 0 Å². The molecule has 5 heteroatoms. The summed E-state index contributed by atoms with van der Waals surface area (Å²) in [6.07, 6.45) is 0.812. The molecule has 0 rings (SSSR count). The Bertz CT molecular complexity index is 238. The Labute approximate surface area is 97.3 Å². The molecule has 0 aromatic heterocycles. The Hall–Kier alpha value is -1.12. The van der Waals surface area contributed by atoms with Gasteiger partial charge in [0.25, 0.3) is 0 Å². The molecule has 0 aromatic carbocycles. The van der Waals surface area contributed by atoms with Gasteiger partial charge in [-0.15, -0.1) is 0 Å². The van der Waals surface area contributed by atoms with Gasteiger partial charge in [-0.25, -0.2) is 0 Å². The highest BCUT2D eigenvalue weighted by Gasteiger charge is 2.10. The fourth-order valence-corrected chi connectivity index (χ4v) is 1.36. The first-order valence-electron chi connectivity index (χ1n) is 5.59. The molecule has 0 radical (unpaired) electrons. The molecule has 0 saturated heterocycles. The van der Waals surface area contributed by atoms with E-state index in [9.17, 15) is 4.79 Å². The first-order chi connectivity index (χ1) is 7.65. The summed E-state index contributed by atoms with van der Waals surface area (Å²) in [5.41, 5.74) is 0. The minimum atomic E-state index is 0.0478. The lowest BCUT2D eigenvalue weighted by atomic mass is 10.3. The van der Waals surface area contributed by atoms with Gasteiger partial charge in [-0.2, -0.15) is 5.26 Å². The number of carbonyl (C=O) groups is 1. The number of hydrogen-bond donors (Lipinski definition) is 1. The van der Waals surface area contributed by atoms with Crippen molar-refractivity contribution in [3.63, 3.8) is 0 Å². The molecule has 0 aliphatic carbocycles. The van der Waals surface area contributed by atoms with Crippen LogP contribution in [-0.2, 0) is 4.79 Å². The smallest absolute Gasteiger partial charge is 0.223 e. The second-order valence-corrected chi connectivity index (χ2v) is 3.63. The molecule has 0 aliphatic rings. The van der Waals surface area contributed by atoms with E-state index in [2.05, 4.69) is 0 Å². The lowest BCUT2D eigenvalue weighted by molar-refractivity contribution is -0.130. The van der Waals surface area contributed by atoms with E-state index in [0.717, 1.165) is 6.54 Å². The standard InChI is InChI=1S/C11H21N3O2/c1-3-14(9-10-15)8-5-11(16)13(2)7-4-6-12/h15H,3-5,7-10H2,1-2H3. The fraction of sp³-hybridized carbons (Fsp3) is 0.818. The summed E-state index contributed by atoms with van der Waals surface area (Å²) in [5, 5.41) is 17.2. The third-order valence-corrected chi connectivity index (χ3v) is 2.49. The van der Waals surface area contributed by atoms with E-state index in [1.807, 2.05) is 17.9 Å². The highest BCUT2D eigenvalue weighted by Crippen LogP contribution is 1.96.